The first kappa shape index (κ1) is 17.1. The Hall–Kier alpha value is -1.76. The van der Waals surface area contributed by atoms with E-state index in [1.165, 1.54) is 16.7 Å². The van der Waals surface area contributed by atoms with Crippen molar-refractivity contribution >= 4 is 57.7 Å². The topological polar surface area (TPSA) is 29.5 Å². The fourth-order valence-corrected chi connectivity index (χ4v) is 3.98. The number of hydrogen-bond donors (Lipinski definition) is 0. The number of carbonyl (C=O) groups excluding carboxylic acids is 1. The van der Waals surface area contributed by atoms with Crippen LogP contribution in [-0.2, 0) is 4.79 Å². The lowest BCUT2D eigenvalue weighted by molar-refractivity contribution is -0.113. The van der Waals surface area contributed by atoms with Crippen molar-refractivity contribution in [3.8, 4) is 5.75 Å². The van der Waals surface area contributed by atoms with Gasteiger partial charge >= 0.3 is 0 Å². The first-order valence-corrected chi connectivity index (χ1v) is 9.63. The van der Waals surface area contributed by atoms with Crippen LogP contribution in [0.3, 0.4) is 0 Å². The largest absolute Gasteiger partial charge is 0.497 e. The van der Waals surface area contributed by atoms with Crippen molar-refractivity contribution < 1.29 is 9.53 Å². The molecule has 3 nitrogen and oxygen atoms in total. The average Bonchev–Trinajstić information content (AvgIpc) is 2.89. The lowest BCUT2D eigenvalue weighted by atomic mass is 10.2. The Balaban J connectivity index is 1.85. The van der Waals surface area contributed by atoms with E-state index in [1.54, 1.807) is 23.8 Å². The Morgan fingerprint density at radius 2 is 1.79 bits per heavy atom. The molecule has 24 heavy (non-hydrogen) atoms. The summed E-state index contributed by atoms with van der Waals surface area (Å²) in [4.78, 5) is 16.1. The molecular formula is C18H15NO2S3. The Bertz CT molecular complexity index is 798. The third-order valence-electron chi connectivity index (χ3n) is 3.54. The monoisotopic (exact) mass is 373 g/mol. The van der Waals surface area contributed by atoms with Crippen LogP contribution in [-0.4, -0.2) is 23.6 Å². The minimum atomic E-state index is -0.0934. The number of benzene rings is 2. The van der Waals surface area contributed by atoms with Crippen molar-refractivity contribution in [2.75, 3.05) is 18.3 Å². The number of rotatable bonds is 4. The van der Waals surface area contributed by atoms with E-state index in [0.717, 1.165) is 17.0 Å². The van der Waals surface area contributed by atoms with Gasteiger partial charge in [-0.1, -0.05) is 36.1 Å². The highest BCUT2D eigenvalue weighted by atomic mass is 32.2. The Morgan fingerprint density at radius 1 is 1.12 bits per heavy atom. The van der Waals surface area contributed by atoms with Gasteiger partial charge in [-0.05, 0) is 54.3 Å². The van der Waals surface area contributed by atoms with Crippen LogP contribution in [0.2, 0.25) is 0 Å². The highest BCUT2D eigenvalue weighted by molar-refractivity contribution is 8.27. The third kappa shape index (κ3) is 3.50. The van der Waals surface area contributed by atoms with E-state index >= 15 is 0 Å². The number of anilines is 1. The first-order chi connectivity index (χ1) is 11.6. The van der Waals surface area contributed by atoms with Gasteiger partial charge in [0.2, 0.25) is 0 Å². The van der Waals surface area contributed by atoms with E-state index in [-0.39, 0.29) is 5.91 Å². The first-order valence-electron chi connectivity index (χ1n) is 7.18. The van der Waals surface area contributed by atoms with Crippen LogP contribution in [0.5, 0.6) is 5.75 Å². The summed E-state index contributed by atoms with van der Waals surface area (Å²) < 4.78 is 5.69. The predicted octanol–water partition coefficient (Wildman–Crippen LogP) is 4.82. The summed E-state index contributed by atoms with van der Waals surface area (Å²) in [6.45, 7) is 0. The zero-order valence-corrected chi connectivity index (χ0v) is 15.6. The van der Waals surface area contributed by atoms with Gasteiger partial charge in [-0.15, -0.1) is 11.8 Å². The Kier molecular flexibility index (Phi) is 5.28. The summed E-state index contributed by atoms with van der Waals surface area (Å²) in [5.74, 6) is 0.651. The molecular weight excluding hydrogens is 358 g/mol. The van der Waals surface area contributed by atoms with Gasteiger partial charge in [0, 0.05) is 4.90 Å². The van der Waals surface area contributed by atoms with Gasteiger partial charge in [-0.2, -0.15) is 0 Å². The van der Waals surface area contributed by atoms with E-state index < -0.39 is 0 Å². The number of thiocarbonyl (C=S) groups is 1. The molecule has 0 aliphatic carbocycles. The third-order valence-corrected chi connectivity index (χ3v) is 5.58. The molecule has 1 fully saturated rings. The lowest BCUT2D eigenvalue weighted by Crippen LogP contribution is -2.27. The van der Waals surface area contributed by atoms with Gasteiger partial charge in [0.25, 0.3) is 5.91 Å². The summed E-state index contributed by atoms with van der Waals surface area (Å²) in [7, 11) is 1.61. The van der Waals surface area contributed by atoms with Crippen LogP contribution in [0.1, 0.15) is 5.56 Å². The van der Waals surface area contributed by atoms with Gasteiger partial charge in [-0.3, -0.25) is 9.69 Å². The van der Waals surface area contributed by atoms with Crippen molar-refractivity contribution in [1.29, 1.82) is 0 Å². The number of nitrogens with zero attached hydrogens (tertiary/aromatic N) is 1. The second kappa shape index (κ2) is 7.42. The summed E-state index contributed by atoms with van der Waals surface area (Å²) in [5.41, 5.74) is 1.74. The van der Waals surface area contributed by atoms with Gasteiger partial charge in [-0.25, -0.2) is 0 Å². The maximum Gasteiger partial charge on any atom is 0.270 e. The molecule has 6 heteroatoms. The molecule has 0 bridgehead atoms. The minimum absolute atomic E-state index is 0.0934. The molecule has 0 spiro atoms. The molecule has 2 aromatic carbocycles. The van der Waals surface area contributed by atoms with Crippen LogP contribution in [0.25, 0.3) is 6.08 Å². The second-order valence-electron chi connectivity index (χ2n) is 4.99. The molecule has 1 aliphatic heterocycles. The second-order valence-corrected chi connectivity index (χ2v) is 7.54. The average molecular weight is 374 g/mol. The number of methoxy groups -OCH3 is 1. The van der Waals surface area contributed by atoms with E-state index in [0.29, 0.717) is 9.23 Å². The highest BCUT2D eigenvalue weighted by Gasteiger charge is 2.33. The summed E-state index contributed by atoms with van der Waals surface area (Å²) >= 11 is 8.40. The molecule has 1 aliphatic rings. The van der Waals surface area contributed by atoms with Crippen molar-refractivity contribution in [3.05, 3.63) is 59.0 Å². The zero-order chi connectivity index (χ0) is 17.1. The van der Waals surface area contributed by atoms with Crippen LogP contribution in [0.15, 0.2) is 58.3 Å². The molecule has 1 saturated heterocycles. The quantitative estimate of drug-likeness (QED) is 0.435. The smallest absolute Gasteiger partial charge is 0.270 e. The van der Waals surface area contributed by atoms with E-state index in [2.05, 4.69) is 0 Å². The molecule has 122 valence electrons. The molecule has 1 amide bonds. The zero-order valence-electron chi connectivity index (χ0n) is 13.2. The molecule has 0 aromatic heterocycles. The standard InChI is InChI=1S/C18H15NO2S3/c1-21-14-7-5-13(6-8-14)19-17(20)16(24-18(19)22)11-12-3-9-15(23-2)10-4-12/h3-11H,1-2H3/b16-11-. The molecule has 0 radical (unpaired) electrons. The van der Waals surface area contributed by atoms with Crippen molar-refractivity contribution in [2.24, 2.45) is 0 Å². The van der Waals surface area contributed by atoms with Crippen molar-refractivity contribution in [3.63, 3.8) is 0 Å². The normalized spacial score (nSPS) is 16.1. The van der Waals surface area contributed by atoms with Crippen molar-refractivity contribution in [1.82, 2.24) is 0 Å². The SMILES string of the molecule is COc1ccc(N2C(=O)/C(=C/c3ccc(SC)cc3)SC2=S)cc1. The fourth-order valence-electron chi connectivity index (χ4n) is 2.27. The van der Waals surface area contributed by atoms with Crippen LogP contribution in [0.4, 0.5) is 5.69 Å². The van der Waals surface area contributed by atoms with Gasteiger partial charge in [0.1, 0.15) is 5.75 Å². The maximum atomic E-state index is 12.7. The number of ether oxygens (including phenoxy) is 1. The molecule has 0 atom stereocenters. The van der Waals surface area contributed by atoms with Crippen molar-refractivity contribution in [2.45, 2.75) is 4.90 Å². The van der Waals surface area contributed by atoms with Crippen LogP contribution >= 0.6 is 35.7 Å². The summed E-state index contributed by atoms with van der Waals surface area (Å²) in [6, 6.07) is 15.4. The van der Waals surface area contributed by atoms with Gasteiger partial charge < -0.3 is 4.74 Å². The number of amides is 1. The van der Waals surface area contributed by atoms with E-state index in [9.17, 15) is 4.79 Å². The fraction of sp³-hybridized carbons (Fsp3) is 0.111. The number of carbonyl (C=O) groups is 1. The Labute approximate surface area is 155 Å². The predicted molar refractivity (Wildman–Crippen MR) is 107 cm³/mol. The maximum absolute atomic E-state index is 12.7. The summed E-state index contributed by atoms with van der Waals surface area (Å²) in [5, 5.41) is 0. The van der Waals surface area contributed by atoms with Crippen LogP contribution in [0, 0.1) is 0 Å². The molecule has 0 saturated carbocycles. The van der Waals surface area contributed by atoms with Crippen LogP contribution < -0.4 is 9.64 Å². The lowest BCUT2D eigenvalue weighted by Gasteiger charge is -2.14. The van der Waals surface area contributed by atoms with Gasteiger partial charge in [0.05, 0.1) is 17.7 Å². The van der Waals surface area contributed by atoms with E-state index in [1.807, 2.05) is 60.9 Å². The number of hydrogen-bond acceptors (Lipinski definition) is 5. The van der Waals surface area contributed by atoms with Gasteiger partial charge in [0.15, 0.2) is 4.32 Å². The van der Waals surface area contributed by atoms with E-state index in [4.69, 9.17) is 17.0 Å². The minimum Gasteiger partial charge on any atom is -0.497 e. The molecule has 2 aromatic rings. The molecule has 0 N–H and O–H groups in total. The molecule has 0 unspecified atom stereocenters. The summed E-state index contributed by atoms with van der Waals surface area (Å²) in [6.07, 6.45) is 3.92. The molecule has 1 heterocycles. The highest BCUT2D eigenvalue weighted by Crippen LogP contribution is 2.36. The number of thioether (sulfide) groups is 2. The Morgan fingerprint density at radius 3 is 2.38 bits per heavy atom. The molecule has 3 rings (SSSR count).